The van der Waals surface area contributed by atoms with Crippen LogP contribution in [0, 0.1) is 0 Å². The highest BCUT2D eigenvalue weighted by molar-refractivity contribution is 14.1. The van der Waals surface area contributed by atoms with E-state index in [1.54, 1.807) is 6.08 Å². The standard InChI is InChI=1S/C27H37IN2O5.C3H8/c1-8-18(6)29-19(7)27(34-16-15-30(11-4)12-5)21(28)13-14-22(31)26-20(9-2)23(10-3)35-24(26)17-25(32)33;1-3-2/h9-10,13-14,18,29H,2-3,7-8,11-12,15-17H2,1,4-6H3,(H,32,33);3H2,1-2H3/b14-13+,27-21-;/t18-;/m1./s1. The molecule has 212 valence electrons. The molecule has 0 saturated heterocycles. The van der Waals surface area contributed by atoms with Gasteiger partial charge in [-0.15, -0.1) is 0 Å². The van der Waals surface area contributed by atoms with Gasteiger partial charge in [0.05, 0.1) is 14.8 Å². The lowest BCUT2D eigenvalue weighted by Gasteiger charge is -2.22. The van der Waals surface area contributed by atoms with Gasteiger partial charge in [-0.2, -0.15) is 0 Å². The second kappa shape index (κ2) is 19.5. The fourth-order valence-corrected chi connectivity index (χ4v) is 3.95. The zero-order chi connectivity index (χ0) is 29.3. The van der Waals surface area contributed by atoms with E-state index >= 15 is 0 Å². The molecule has 38 heavy (non-hydrogen) atoms. The van der Waals surface area contributed by atoms with Crippen molar-refractivity contribution in [3.63, 3.8) is 0 Å². The third kappa shape index (κ3) is 11.9. The molecular weight excluding hydrogens is 595 g/mol. The van der Waals surface area contributed by atoms with Crippen LogP contribution in [-0.4, -0.2) is 54.0 Å². The van der Waals surface area contributed by atoms with E-state index in [0.29, 0.717) is 33.0 Å². The number of hydrogen-bond donors (Lipinski definition) is 2. The van der Waals surface area contributed by atoms with Gasteiger partial charge in [-0.1, -0.05) is 66.9 Å². The van der Waals surface area contributed by atoms with E-state index in [1.165, 1.54) is 24.6 Å². The first-order valence-electron chi connectivity index (χ1n) is 13.1. The molecule has 0 aliphatic rings. The second-order valence-electron chi connectivity index (χ2n) is 8.55. The van der Waals surface area contributed by atoms with Crippen molar-refractivity contribution in [2.75, 3.05) is 26.2 Å². The smallest absolute Gasteiger partial charge is 0.311 e. The maximum atomic E-state index is 13.1. The molecule has 0 spiro atoms. The Kier molecular flexibility index (Phi) is 18.1. The van der Waals surface area contributed by atoms with Crippen molar-refractivity contribution in [1.82, 2.24) is 10.2 Å². The van der Waals surface area contributed by atoms with Gasteiger partial charge in [-0.05, 0) is 67.3 Å². The van der Waals surface area contributed by atoms with E-state index in [2.05, 4.69) is 94.1 Å². The number of nitrogens with one attached hydrogen (secondary N) is 1. The minimum atomic E-state index is -1.10. The summed E-state index contributed by atoms with van der Waals surface area (Å²) in [5.41, 5.74) is 1.22. The minimum absolute atomic E-state index is 0.0643. The fourth-order valence-electron chi connectivity index (χ4n) is 3.29. The van der Waals surface area contributed by atoms with E-state index in [1.807, 2.05) is 0 Å². The fraction of sp³-hybridized carbons (Fsp3) is 0.467. The van der Waals surface area contributed by atoms with Gasteiger partial charge in [-0.25, -0.2) is 0 Å². The van der Waals surface area contributed by atoms with Gasteiger partial charge >= 0.3 is 5.97 Å². The summed E-state index contributed by atoms with van der Waals surface area (Å²) in [6, 6.07) is 0.204. The van der Waals surface area contributed by atoms with Crippen LogP contribution in [0.5, 0.6) is 0 Å². The number of ether oxygens (including phenoxy) is 1. The number of hydrogen-bond acceptors (Lipinski definition) is 6. The normalized spacial score (nSPS) is 12.3. The van der Waals surface area contributed by atoms with Gasteiger partial charge in [0.2, 0.25) is 0 Å². The Balaban J connectivity index is 0.00000434. The molecular formula is C30H45IN2O5. The van der Waals surface area contributed by atoms with Crippen LogP contribution < -0.4 is 5.32 Å². The van der Waals surface area contributed by atoms with Crippen LogP contribution in [0.2, 0.25) is 0 Å². The number of allylic oxidation sites excluding steroid dienone is 3. The summed E-state index contributed by atoms with van der Waals surface area (Å²) >= 11 is 2.11. The lowest BCUT2D eigenvalue weighted by atomic mass is 10.0. The summed E-state index contributed by atoms with van der Waals surface area (Å²) in [5.74, 6) is -0.561. The Labute approximate surface area is 242 Å². The van der Waals surface area contributed by atoms with Gasteiger partial charge < -0.3 is 24.5 Å². The van der Waals surface area contributed by atoms with E-state index < -0.39 is 18.2 Å². The summed E-state index contributed by atoms with van der Waals surface area (Å²) in [7, 11) is 0. The number of furan rings is 1. The maximum absolute atomic E-state index is 13.1. The van der Waals surface area contributed by atoms with Crippen molar-refractivity contribution in [1.29, 1.82) is 0 Å². The number of nitrogens with zero attached hydrogens (tertiary/aromatic N) is 1. The largest absolute Gasteiger partial charge is 0.489 e. The first-order valence-corrected chi connectivity index (χ1v) is 14.2. The molecule has 1 atom stereocenters. The van der Waals surface area contributed by atoms with E-state index in [0.717, 1.165) is 26.1 Å². The molecule has 2 N–H and O–H groups in total. The minimum Gasteiger partial charge on any atom is -0.489 e. The molecule has 0 saturated carbocycles. The Morgan fingerprint density at radius 2 is 1.74 bits per heavy atom. The zero-order valence-electron chi connectivity index (χ0n) is 23.9. The molecule has 1 heterocycles. The number of ketones is 1. The van der Waals surface area contributed by atoms with Crippen LogP contribution in [0.1, 0.15) is 81.8 Å². The van der Waals surface area contributed by atoms with Crippen molar-refractivity contribution in [3.05, 3.63) is 69.6 Å². The van der Waals surface area contributed by atoms with Crippen LogP contribution in [-0.2, 0) is 16.0 Å². The van der Waals surface area contributed by atoms with Gasteiger partial charge in [0, 0.05) is 18.2 Å². The number of carbonyl (C=O) groups is 2. The van der Waals surface area contributed by atoms with Crippen molar-refractivity contribution in [2.45, 2.75) is 66.8 Å². The van der Waals surface area contributed by atoms with Crippen LogP contribution >= 0.6 is 22.6 Å². The number of likely N-dealkylation sites (N-methyl/N-ethyl adjacent to an activating group) is 1. The van der Waals surface area contributed by atoms with Crippen LogP contribution in [0.4, 0.5) is 0 Å². The molecule has 0 aromatic carbocycles. The zero-order valence-corrected chi connectivity index (χ0v) is 26.0. The number of carboxylic acid groups (broad SMARTS) is 1. The second-order valence-corrected chi connectivity index (χ2v) is 9.71. The molecule has 8 heteroatoms. The van der Waals surface area contributed by atoms with Crippen molar-refractivity contribution < 1.29 is 23.8 Å². The Morgan fingerprint density at radius 1 is 1.13 bits per heavy atom. The Bertz CT molecular complexity index is 1000. The highest BCUT2D eigenvalue weighted by Gasteiger charge is 2.23. The SMILES string of the molecule is C=Cc1oc(CC(=O)O)c(C(=O)/C=C/C(I)=C(/OCCN(CC)CC)C(=C)N[C@H](C)CC)c1C=C.CCC. The average molecular weight is 641 g/mol. The van der Waals surface area contributed by atoms with Gasteiger partial charge in [0.25, 0.3) is 0 Å². The topological polar surface area (TPSA) is 92.0 Å². The predicted octanol–water partition coefficient (Wildman–Crippen LogP) is 7.25. The van der Waals surface area contributed by atoms with E-state index in [4.69, 9.17) is 9.15 Å². The predicted molar refractivity (Wildman–Crippen MR) is 166 cm³/mol. The monoisotopic (exact) mass is 640 g/mol. The van der Waals surface area contributed by atoms with Gasteiger partial charge in [0.15, 0.2) is 11.5 Å². The molecule has 0 radical (unpaired) electrons. The number of rotatable bonds is 17. The molecule has 0 bridgehead atoms. The highest BCUT2D eigenvalue weighted by Crippen LogP contribution is 2.28. The van der Waals surface area contributed by atoms with Crippen molar-refractivity contribution >= 4 is 46.5 Å². The molecule has 7 nitrogen and oxygen atoms in total. The number of carbonyl (C=O) groups excluding carboxylic acids is 1. The third-order valence-corrected chi connectivity index (χ3v) is 6.30. The first-order chi connectivity index (χ1) is 18.0. The molecule has 0 fully saturated rings. The summed E-state index contributed by atoms with van der Waals surface area (Å²) in [4.78, 5) is 26.7. The maximum Gasteiger partial charge on any atom is 0.311 e. The van der Waals surface area contributed by atoms with Crippen molar-refractivity contribution in [2.24, 2.45) is 0 Å². The number of carboxylic acids is 1. The molecule has 0 unspecified atom stereocenters. The summed E-state index contributed by atoms with van der Waals surface area (Å²) in [5, 5.41) is 12.6. The average Bonchev–Trinajstić information content (AvgIpc) is 3.24. The molecule has 1 aromatic heterocycles. The van der Waals surface area contributed by atoms with Crippen LogP contribution in [0.15, 0.2) is 51.3 Å². The van der Waals surface area contributed by atoms with E-state index in [9.17, 15) is 14.7 Å². The molecule has 1 rings (SSSR count). The van der Waals surface area contributed by atoms with Gasteiger partial charge in [-0.3, -0.25) is 9.59 Å². The lowest BCUT2D eigenvalue weighted by Crippen LogP contribution is -2.29. The summed E-state index contributed by atoms with van der Waals surface area (Å²) in [6.45, 7) is 27.2. The summed E-state index contributed by atoms with van der Waals surface area (Å²) in [6.07, 6.45) is 7.65. The Morgan fingerprint density at radius 3 is 2.21 bits per heavy atom. The molecule has 0 aliphatic heterocycles. The van der Waals surface area contributed by atoms with Crippen LogP contribution in [0.25, 0.3) is 12.2 Å². The van der Waals surface area contributed by atoms with Crippen molar-refractivity contribution in [3.8, 4) is 0 Å². The summed E-state index contributed by atoms with van der Waals surface area (Å²) < 4.78 is 12.4. The molecule has 1 aromatic rings. The Hall–Kier alpha value is -2.59. The van der Waals surface area contributed by atoms with Gasteiger partial charge in [0.1, 0.15) is 24.5 Å². The van der Waals surface area contributed by atoms with E-state index in [-0.39, 0.29) is 17.4 Å². The van der Waals surface area contributed by atoms with Crippen LogP contribution in [0.3, 0.4) is 0 Å². The third-order valence-electron chi connectivity index (χ3n) is 5.45. The highest BCUT2D eigenvalue weighted by atomic mass is 127. The quantitative estimate of drug-likeness (QED) is 0.0609. The first kappa shape index (κ1) is 35.4. The number of halogens is 1. The number of aliphatic carboxylic acids is 1. The molecule has 0 amide bonds. The lowest BCUT2D eigenvalue weighted by molar-refractivity contribution is -0.136. The molecule has 0 aliphatic carbocycles.